The number of hydrogen-bond acceptors (Lipinski definition) is 1. The number of halogens is 1. The first-order valence-electron chi connectivity index (χ1n) is 4.75. The standard InChI is InChI=1S/C13H11BrO/c1-10-6-8-12(14)9-7-11-4-2-3-5-13(11)15-10/h2-9H,1H3. The summed E-state index contributed by atoms with van der Waals surface area (Å²) in [6, 6.07) is 15.9. The quantitative estimate of drug-likeness (QED) is 0.675. The van der Waals surface area contributed by atoms with Crippen molar-refractivity contribution in [2.75, 3.05) is 0 Å². The average Bonchev–Trinajstić information content (AvgIpc) is 2.30. The van der Waals surface area contributed by atoms with Crippen LogP contribution in [0.1, 0.15) is 5.76 Å². The molecule has 0 saturated heterocycles. The molecule has 0 atom stereocenters. The largest absolute Gasteiger partial charge is 0.461 e. The van der Waals surface area contributed by atoms with Crippen LogP contribution >= 0.6 is 15.9 Å². The van der Waals surface area contributed by atoms with Crippen molar-refractivity contribution < 1.29 is 4.42 Å². The highest BCUT2D eigenvalue weighted by atomic mass is 79.9. The smallest absolute Gasteiger partial charge is 0.134 e. The summed E-state index contributed by atoms with van der Waals surface area (Å²) in [6.07, 6.45) is 0. The van der Waals surface area contributed by atoms with E-state index in [1.165, 1.54) is 0 Å². The fourth-order valence-electron chi connectivity index (χ4n) is 1.34. The molecule has 1 aromatic heterocycles. The highest BCUT2D eigenvalue weighted by molar-refractivity contribution is 9.10. The molecule has 0 radical (unpaired) electrons. The van der Waals surface area contributed by atoms with Gasteiger partial charge in [-0.15, -0.1) is 0 Å². The van der Waals surface area contributed by atoms with Crippen molar-refractivity contribution in [3.63, 3.8) is 0 Å². The molecule has 0 unspecified atom stereocenters. The van der Waals surface area contributed by atoms with Crippen LogP contribution < -0.4 is 0 Å². The second-order valence-corrected chi connectivity index (χ2v) is 4.22. The molecule has 2 rings (SSSR count). The van der Waals surface area contributed by atoms with Crippen LogP contribution in [-0.4, -0.2) is 0 Å². The molecule has 0 aliphatic carbocycles. The molecule has 1 aromatic carbocycles. The molecule has 0 saturated carbocycles. The van der Waals surface area contributed by atoms with Crippen LogP contribution in [0.4, 0.5) is 0 Å². The lowest BCUT2D eigenvalue weighted by Crippen LogP contribution is -1.67. The maximum absolute atomic E-state index is 5.71. The van der Waals surface area contributed by atoms with Crippen LogP contribution in [0.2, 0.25) is 0 Å². The predicted octanol–water partition coefficient (Wildman–Crippen LogP) is 4.63. The Balaban J connectivity index is 2.87. The van der Waals surface area contributed by atoms with Crippen LogP contribution in [0.3, 0.4) is 0 Å². The van der Waals surface area contributed by atoms with Crippen LogP contribution in [0.5, 0.6) is 0 Å². The van der Waals surface area contributed by atoms with Crippen LogP contribution in [0, 0.1) is 6.92 Å². The molecular weight excluding hydrogens is 252 g/mol. The minimum Gasteiger partial charge on any atom is -0.461 e. The molecule has 0 aliphatic rings. The van der Waals surface area contributed by atoms with Crippen LogP contribution in [0.15, 0.2) is 57.4 Å². The summed E-state index contributed by atoms with van der Waals surface area (Å²) in [7, 11) is 0. The van der Waals surface area contributed by atoms with E-state index in [1.54, 1.807) is 0 Å². The summed E-state index contributed by atoms with van der Waals surface area (Å²) in [5, 5.41) is 1.08. The molecule has 0 N–H and O–H groups in total. The predicted molar refractivity (Wildman–Crippen MR) is 66.3 cm³/mol. The SMILES string of the molecule is Cc1ccc(Br)ccc2ccccc2o1. The Hall–Kier alpha value is -1.28. The summed E-state index contributed by atoms with van der Waals surface area (Å²) in [5.41, 5.74) is 0.887. The Kier molecular flexibility index (Phi) is 3.07. The Bertz CT molecular complexity index is 527. The zero-order valence-corrected chi connectivity index (χ0v) is 9.99. The number of benzene rings is 1. The molecule has 2 aromatic rings. The highest BCUT2D eigenvalue weighted by Gasteiger charge is 1.90. The Morgan fingerprint density at radius 1 is 0.933 bits per heavy atom. The average molecular weight is 263 g/mol. The van der Waals surface area contributed by atoms with E-state index in [-0.39, 0.29) is 0 Å². The molecule has 0 fully saturated rings. The molecule has 0 bridgehead atoms. The van der Waals surface area contributed by atoms with Gasteiger partial charge < -0.3 is 4.42 Å². The van der Waals surface area contributed by atoms with E-state index < -0.39 is 0 Å². The number of hydrogen-bond donors (Lipinski definition) is 0. The van der Waals surface area contributed by atoms with E-state index in [1.807, 2.05) is 55.5 Å². The van der Waals surface area contributed by atoms with Crippen molar-refractivity contribution in [3.05, 3.63) is 58.8 Å². The summed E-state index contributed by atoms with van der Waals surface area (Å²) < 4.78 is 6.74. The van der Waals surface area contributed by atoms with Gasteiger partial charge in [-0.1, -0.05) is 40.2 Å². The highest BCUT2D eigenvalue weighted by Crippen LogP contribution is 2.14. The van der Waals surface area contributed by atoms with Gasteiger partial charge >= 0.3 is 0 Å². The van der Waals surface area contributed by atoms with Crippen LogP contribution in [0.25, 0.3) is 11.0 Å². The van der Waals surface area contributed by atoms with E-state index in [0.717, 1.165) is 21.2 Å². The van der Waals surface area contributed by atoms with Gasteiger partial charge in [0.25, 0.3) is 0 Å². The summed E-state index contributed by atoms with van der Waals surface area (Å²) in [5.74, 6) is 0.878. The Morgan fingerprint density at radius 2 is 1.67 bits per heavy atom. The maximum Gasteiger partial charge on any atom is 0.134 e. The molecular formula is C13H11BrO. The lowest BCUT2D eigenvalue weighted by Gasteiger charge is -1.91. The molecule has 0 amide bonds. The van der Waals surface area contributed by atoms with Crippen LogP contribution in [-0.2, 0) is 0 Å². The van der Waals surface area contributed by atoms with Crippen molar-refractivity contribution in [1.82, 2.24) is 0 Å². The molecule has 2 heteroatoms. The normalized spacial score (nSPS) is 10.0. The van der Waals surface area contributed by atoms with E-state index >= 15 is 0 Å². The summed E-state index contributed by atoms with van der Waals surface area (Å²) in [4.78, 5) is 0. The van der Waals surface area contributed by atoms with Gasteiger partial charge in [0, 0.05) is 9.86 Å². The molecule has 0 aliphatic heterocycles. The first-order valence-corrected chi connectivity index (χ1v) is 5.54. The first kappa shape index (κ1) is 10.2. The van der Waals surface area contributed by atoms with E-state index in [2.05, 4.69) is 15.9 Å². The van der Waals surface area contributed by atoms with E-state index in [0.29, 0.717) is 0 Å². The zero-order chi connectivity index (χ0) is 10.7. The second-order valence-electron chi connectivity index (χ2n) is 3.30. The van der Waals surface area contributed by atoms with Gasteiger partial charge in [-0.25, -0.2) is 0 Å². The monoisotopic (exact) mass is 262 g/mol. The lowest BCUT2D eigenvalue weighted by molar-refractivity contribution is 0.569. The van der Waals surface area contributed by atoms with Crippen molar-refractivity contribution in [2.45, 2.75) is 6.92 Å². The minimum absolute atomic E-state index is 0.878. The third-order valence-corrected chi connectivity index (χ3v) is 2.62. The molecule has 15 heavy (non-hydrogen) atoms. The third-order valence-electron chi connectivity index (χ3n) is 2.09. The number of fused-ring (bicyclic) bond motifs is 1. The van der Waals surface area contributed by atoms with Gasteiger partial charge in [0.2, 0.25) is 0 Å². The van der Waals surface area contributed by atoms with Gasteiger partial charge in [0.05, 0.1) is 0 Å². The lowest BCUT2D eigenvalue weighted by atomic mass is 10.2. The Labute approximate surface area is 97.2 Å². The van der Waals surface area contributed by atoms with Crippen molar-refractivity contribution in [1.29, 1.82) is 0 Å². The molecule has 0 spiro atoms. The molecule has 1 nitrogen and oxygen atoms in total. The van der Waals surface area contributed by atoms with Gasteiger partial charge in [0.1, 0.15) is 11.3 Å². The topological polar surface area (TPSA) is 13.1 Å². The third kappa shape index (κ3) is 2.60. The fourth-order valence-corrected chi connectivity index (χ4v) is 1.60. The van der Waals surface area contributed by atoms with Gasteiger partial charge in [-0.05, 0) is 31.2 Å². The van der Waals surface area contributed by atoms with E-state index in [9.17, 15) is 0 Å². The molecule has 76 valence electrons. The summed E-state index contributed by atoms with van der Waals surface area (Å²) >= 11 is 3.46. The fraction of sp³-hybridized carbons (Fsp3) is 0.0769. The van der Waals surface area contributed by atoms with Crippen molar-refractivity contribution in [3.8, 4) is 0 Å². The van der Waals surface area contributed by atoms with Crippen molar-refractivity contribution in [2.24, 2.45) is 0 Å². The maximum atomic E-state index is 5.71. The van der Waals surface area contributed by atoms with Crippen molar-refractivity contribution >= 4 is 26.9 Å². The Morgan fingerprint density at radius 3 is 2.53 bits per heavy atom. The number of aryl methyl sites for hydroxylation is 1. The second kappa shape index (κ2) is 4.49. The minimum atomic E-state index is 0.878. The van der Waals surface area contributed by atoms with E-state index in [4.69, 9.17) is 4.42 Å². The van der Waals surface area contributed by atoms with Gasteiger partial charge in [-0.3, -0.25) is 0 Å². The zero-order valence-electron chi connectivity index (χ0n) is 8.41. The first-order chi connectivity index (χ1) is 7.25. The van der Waals surface area contributed by atoms with Gasteiger partial charge in [0.15, 0.2) is 0 Å². The summed E-state index contributed by atoms with van der Waals surface area (Å²) in [6.45, 7) is 1.94. The molecule has 1 heterocycles. The van der Waals surface area contributed by atoms with Gasteiger partial charge in [-0.2, -0.15) is 0 Å². The number of rotatable bonds is 0. The number of para-hydroxylation sites is 1.